The molecule has 0 spiro atoms. The predicted octanol–water partition coefficient (Wildman–Crippen LogP) is 4.44. The fourth-order valence-corrected chi connectivity index (χ4v) is 3.06. The Morgan fingerprint density at radius 2 is 2.10 bits per heavy atom. The van der Waals surface area contributed by atoms with Gasteiger partial charge >= 0.3 is 0 Å². The molecule has 0 bridgehead atoms. The third-order valence-electron chi connectivity index (χ3n) is 3.95. The molecule has 3 heteroatoms. The Kier molecular flexibility index (Phi) is 5.43. The first-order chi connectivity index (χ1) is 10.1. The summed E-state index contributed by atoms with van der Waals surface area (Å²) in [6.45, 7) is 7.36. The van der Waals surface area contributed by atoms with E-state index in [0.29, 0.717) is 18.3 Å². The highest BCUT2D eigenvalue weighted by Gasteiger charge is 2.17. The second-order valence-electron chi connectivity index (χ2n) is 6.16. The minimum atomic E-state index is 0.0500. The molecule has 2 rings (SSSR count). The predicted molar refractivity (Wildman–Crippen MR) is 89.5 cm³/mol. The second kappa shape index (κ2) is 7.30. The third-order valence-corrected chi connectivity index (χ3v) is 3.95. The summed E-state index contributed by atoms with van der Waals surface area (Å²) in [5, 5.41) is 6.40. The molecule has 0 radical (unpaired) electrons. The van der Waals surface area contributed by atoms with Crippen molar-refractivity contribution in [3.63, 3.8) is 0 Å². The lowest BCUT2D eigenvalue weighted by Gasteiger charge is -2.26. The zero-order chi connectivity index (χ0) is 15.2. The van der Waals surface area contributed by atoms with Crippen molar-refractivity contribution in [3.8, 4) is 0 Å². The highest BCUT2D eigenvalue weighted by molar-refractivity contribution is 5.90. The van der Waals surface area contributed by atoms with Crippen LogP contribution < -0.4 is 10.6 Å². The molecule has 0 fully saturated rings. The van der Waals surface area contributed by atoms with Crippen LogP contribution in [0.4, 0.5) is 11.4 Å². The Morgan fingerprint density at radius 3 is 2.81 bits per heavy atom. The normalized spacial score (nSPS) is 21.6. The maximum absolute atomic E-state index is 11.4. The monoisotopic (exact) mass is 286 g/mol. The number of nitrogens with one attached hydrogen (secondary N) is 2. The maximum Gasteiger partial charge on any atom is 0.224 e. The summed E-state index contributed by atoms with van der Waals surface area (Å²) < 4.78 is 0. The Labute approximate surface area is 127 Å². The Hall–Kier alpha value is -1.77. The molecule has 1 aliphatic rings. The van der Waals surface area contributed by atoms with Gasteiger partial charge in [0.25, 0.3) is 0 Å². The molecule has 0 saturated heterocycles. The molecule has 1 aliphatic carbocycles. The number of anilines is 2. The number of rotatable bonds is 5. The zero-order valence-corrected chi connectivity index (χ0v) is 13.3. The molecule has 21 heavy (non-hydrogen) atoms. The van der Waals surface area contributed by atoms with Crippen LogP contribution in [0.2, 0.25) is 0 Å². The van der Waals surface area contributed by atoms with Crippen molar-refractivity contribution in [1.29, 1.82) is 0 Å². The van der Waals surface area contributed by atoms with Gasteiger partial charge in [-0.1, -0.05) is 31.6 Å². The molecule has 0 heterocycles. The lowest BCUT2D eigenvalue weighted by molar-refractivity contribution is -0.115. The van der Waals surface area contributed by atoms with Gasteiger partial charge in [-0.05, 0) is 49.8 Å². The number of carbonyl (C=O) groups excluding carboxylic acids is 1. The standard InChI is InChI=1S/C18H26N2O/c1-4-18(21)20-17-7-5-6-16(11-17)19-12-15-9-13(2)8-14(3)10-15/h5-8,11,13,15,19H,4,9-10,12H2,1-3H3,(H,20,21). The van der Waals surface area contributed by atoms with Crippen molar-refractivity contribution in [1.82, 2.24) is 0 Å². The average Bonchev–Trinajstić information content (AvgIpc) is 2.44. The summed E-state index contributed by atoms with van der Waals surface area (Å²) in [6, 6.07) is 7.95. The van der Waals surface area contributed by atoms with Crippen molar-refractivity contribution in [2.24, 2.45) is 11.8 Å². The van der Waals surface area contributed by atoms with Crippen molar-refractivity contribution < 1.29 is 4.79 Å². The van der Waals surface area contributed by atoms with Crippen molar-refractivity contribution in [2.75, 3.05) is 17.2 Å². The number of carbonyl (C=O) groups is 1. The Bertz CT molecular complexity index is 522. The number of benzene rings is 1. The molecule has 0 aromatic heterocycles. The molecule has 1 aromatic rings. The van der Waals surface area contributed by atoms with Crippen molar-refractivity contribution in [2.45, 2.75) is 40.0 Å². The van der Waals surface area contributed by atoms with Gasteiger partial charge in [0.1, 0.15) is 0 Å². The van der Waals surface area contributed by atoms with Crippen LogP contribution in [0.5, 0.6) is 0 Å². The van der Waals surface area contributed by atoms with Gasteiger partial charge in [0.15, 0.2) is 0 Å². The summed E-state index contributed by atoms with van der Waals surface area (Å²) >= 11 is 0. The molecule has 114 valence electrons. The van der Waals surface area contributed by atoms with Crippen LogP contribution in [-0.2, 0) is 4.79 Å². The van der Waals surface area contributed by atoms with E-state index in [0.717, 1.165) is 17.9 Å². The Morgan fingerprint density at radius 1 is 1.33 bits per heavy atom. The van der Waals surface area contributed by atoms with Gasteiger partial charge in [-0.15, -0.1) is 0 Å². The van der Waals surface area contributed by atoms with E-state index in [1.165, 1.54) is 18.4 Å². The summed E-state index contributed by atoms with van der Waals surface area (Å²) in [4.78, 5) is 11.4. The number of amides is 1. The quantitative estimate of drug-likeness (QED) is 0.786. The maximum atomic E-state index is 11.4. The SMILES string of the molecule is CCC(=O)Nc1cccc(NCC2CC(C)=CC(C)C2)c1. The van der Waals surface area contributed by atoms with Gasteiger partial charge in [0.2, 0.25) is 5.91 Å². The van der Waals surface area contributed by atoms with Crippen LogP contribution in [-0.4, -0.2) is 12.5 Å². The largest absolute Gasteiger partial charge is 0.385 e. The highest BCUT2D eigenvalue weighted by Crippen LogP contribution is 2.28. The molecule has 0 saturated carbocycles. The van der Waals surface area contributed by atoms with Crippen LogP contribution in [0.1, 0.15) is 40.0 Å². The smallest absolute Gasteiger partial charge is 0.224 e. The van der Waals surface area contributed by atoms with Gasteiger partial charge in [-0.3, -0.25) is 4.79 Å². The summed E-state index contributed by atoms with van der Waals surface area (Å²) in [5.74, 6) is 1.42. The Balaban J connectivity index is 1.90. The average molecular weight is 286 g/mol. The summed E-state index contributed by atoms with van der Waals surface area (Å²) in [5.41, 5.74) is 3.44. The van der Waals surface area contributed by atoms with Crippen LogP contribution in [0, 0.1) is 11.8 Å². The highest BCUT2D eigenvalue weighted by atomic mass is 16.1. The van der Waals surface area contributed by atoms with Gasteiger partial charge in [0.05, 0.1) is 0 Å². The van der Waals surface area contributed by atoms with Crippen LogP contribution >= 0.6 is 0 Å². The third kappa shape index (κ3) is 4.92. The molecule has 2 atom stereocenters. The second-order valence-corrected chi connectivity index (χ2v) is 6.16. The first-order valence-electron chi connectivity index (χ1n) is 7.88. The molecule has 1 aromatic carbocycles. The van der Waals surface area contributed by atoms with E-state index in [1.54, 1.807) is 0 Å². The van der Waals surface area contributed by atoms with Crippen LogP contribution in [0.25, 0.3) is 0 Å². The number of allylic oxidation sites excluding steroid dienone is 2. The van der Waals surface area contributed by atoms with Gasteiger partial charge in [0, 0.05) is 24.3 Å². The lowest BCUT2D eigenvalue weighted by atomic mass is 9.84. The van der Waals surface area contributed by atoms with Crippen molar-refractivity contribution >= 4 is 17.3 Å². The van der Waals surface area contributed by atoms with E-state index in [2.05, 4.69) is 36.6 Å². The minimum absolute atomic E-state index is 0.0500. The van der Waals surface area contributed by atoms with Crippen molar-refractivity contribution in [3.05, 3.63) is 35.9 Å². The number of hydrogen-bond acceptors (Lipinski definition) is 2. The topological polar surface area (TPSA) is 41.1 Å². The van der Waals surface area contributed by atoms with E-state index in [1.807, 2.05) is 25.1 Å². The fourth-order valence-electron chi connectivity index (χ4n) is 3.06. The molecule has 2 unspecified atom stereocenters. The van der Waals surface area contributed by atoms with E-state index in [-0.39, 0.29) is 5.91 Å². The van der Waals surface area contributed by atoms with E-state index < -0.39 is 0 Å². The van der Waals surface area contributed by atoms with Gasteiger partial charge < -0.3 is 10.6 Å². The molecule has 3 nitrogen and oxygen atoms in total. The lowest BCUT2D eigenvalue weighted by Crippen LogP contribution is -2.20. The zero-order valence-electron chi connectivity index (χ0n) is 13.3. The van der Waals surface area contributed by atoms with Crippen LogP contribution in [0.3, 0.4) is 0 Å². The van der Waals surface area contributed by atoms with Gasteiger partial charge in [-0.2, -0.15) is 0 Å². The molecular weight excluding hydrogens is 260 g/mol. The van der Waals surface area contributed by atoms with E-state index >= 15 is 0 Å². The van der Waals surface area contributed by atoms with E-state index in [9.17, 15) is 4.79 Å². The first kappa shape index (κ1) is 15.6. The molecule has 0 aliphatic heterocycles. The first-order valence-corrected chi connectivity index (χ1v) is 7.88. The number of hydrogen-bond donors (Lipinski definition) is 2. The minimum Gasteiger partial charge on any atom is -0.385 e. The molecule has 1 amide bonds. The van der Waals surface area contributed by atoms with Gasteiger partial charge in [-0.25, -0.2) is 0 Å². The summed E-state index contributed by atoms with van der Waals surface area (Å²) in [7, 11) is 0. The van der Waals surface area contributed by atoms with E-state index in [4.69, 9.17) is 0 Å². The fraction of sp³-hybridized carbons (Fsp3) is 0.500. The molecule has 2 N–H and O–H groups in total. The van der Waals surface area contributed by atoms with Crippen LogP contribution in [0.15, 0.2) is 35.9 Å². The summed E-state index contributed by atoms with van der Waals surface area (Å²) in [6.07, 6.45) is 5.32. The molecular formula is C18H26N2O.